The molecule has 0 spiro atoms. The number of rotatable bonds is 3. The van der Waals surface area contributed by atoms with Crippen molar-refractivity contribution >= 4 is 27.2 Å². The van der Waals surface area contributed by atoms with Gasteiger partial charge in [0.15, 0.2) is 0 Å². The summed E-state index contributed by atoms with van der Waals surface area (Å²) in [6, 6.07) is 0. The number of sulfonamides is 1. The van der Waals surface area contributed by atoms with Crippen molar-refractivity contribution in [2.24, 2.45) is 17.6 Å². The van der Waals surface area contributed by atoms with Crippen LogP contribution >= 0.6 is 12.2 Å². The first-order valence-electron chi connectivity index (χ1n) is 5.53. The third-order valence-electron chi connectivity index (χ3n) is 3.04. The molecule has 2 N–H and O–H groups in total. The summed E-state index contributed by atoms with van der Waals surface area (Å²) in [5.41, 5.74) is 5.42. The lowest BCUT2D eigenvalue weighted by molar-refractivity contribution is 0.222. The van der Waals surface area contributed by atoms with E-state index in [1.807, 2.05) is 0 Å². The molecule has 1 rings (SSSR count). The molecule has 1 heterocycles. The number of piperidine rings is 1. The number of hydrogen-bond donors (Lipinski definition) is 1. The summed E-state index contributed by atoms with van der Waals surface area (Å²) in [5, 5.41) is -0.764. The fourth-order valence-corrected chi connectivity index (χ4v) is 4.21. The first-order valence-corrected chi connectivity index (χ1v) is 7.44. The number of nitrogens with zero attached hydrogens (tertiary/aromatic N) is 1. The quantitative estimate of drug-likeness (QED) is 0.772. The summed E-state index contributed by atoms with van der Waals surface area (Å²) in [4.78, 5) is 0.0471. The molecule has 1 fully saturated rings. The van der Waals surface area contributed by atoms with E-state index in [1.54, 1.807) is 6.92 Å². The van der Waals surface area contributed by atoms with Crippen LogP contribution in [0.4, 0.5) is 0 Å². The first-order chi connectivity index (χ1) is 7.25. The molecule has 1 aliphatic heterocycles. The van der Waals surface area contributed by atoms with E-state index < -0.39 is 15.3 Å². The van der Waals surface area contributed by atoms with Crippen molar-refractivity contribution in [3.63, 3.8) is 0 Å². The maximum Gasteiger partial charge on any atom is 0.223 e. The Hall–Kier alpha value is -0.200. The Morgan fingerprint density at radius 3 is 2.19 bits per heavy atom. The first kappa shape index (κ1) is 13.9. The molecule has 4 nitrogen and oxygen atoms in total. The van der Waals surface area contributed by atoms with Gasteiger partial charge in [-0.3, -0.25) is 0 Å². The van der Waals surface area contributed by atoms with Gasteiger partial charge >= 0.3 is 0 Å². The van der Waals surface area contributed by atoms with Crippen LogP contribution in [0, 0.1) is 11.8 Å². The van der Waals surface area contributed by atoms with Crippen LogP contribution in [0.25, 0.3) is 0 Å². The van der Waals surface area contributed by atoms with Crippen LogP contribution in [-0.4, -0.2) is 36.1 Å². The Bertz CT molecular complexity index is 357. The third kappa shape index (κ3) is 2.93. The molecule has 6 heteroatoms. The van der Waals surface area contributed by atoms with Crippen LogP contribution in [0.3, 0.4) is 0 Å². The Morgan fingerprint density at radius 2 is 1.81 bits per heavy atom. The second kappa shape index (κ2) is 4.98. The molecule has 0 radical (unpaired) electrons. The van der Waals surface area contributed by atoms with Crippen LogP contribution in [0.15, 0.2) is 0 Å². The number of nitrogens with two attached hydrogens (primary N) is 1. The topological polar surface area (TPSA) is 63.4 Å². The highest BCUT2D eigenvalue weighted by molar-refractivity contribution is 7.92. The highest BCUT2D eigenvalue weighted by atomic mass is 32.2. The van der Waals surface area contributed by atoms with E-state index in [2.05, 4.69) is 13.8 Å². The van der Waals surface area contributed by atoms with Crippen molar-refractivity contribution in [3.05, 3.63) is 0 Å². The second-order valence-electron chi connectivity index (χ2n) is 4.85. The second-order valence-corrected chi connectivity index (χ2v) is 7.58. The van der Waals surface area contributed by atoms with Crippen molar-refractivity contribution in [1.82, 2.24) is 4.31 Å². The number of hydrogen-bond acceptors (Lipinski definition) is 3. The van der Waals surface area contributed by atoms with Gasteiger partial charge in [0.25, 0.3) is 0 Å². The SMILES string of the molecule is CC1CC(C)CN(S(=O)(=O)C(C)C(N)=S)C1. The van der Waals surface area contributed by atoms with Crippen molar-refractivity contribution in [3.8, 4) is 0 Å². The van der Waals surface area contributed by atoms with Gasteiger partial charge in [-0.05, 0) is 25.2 Å². The Balaban J connectivity index is 2.87. The van der Waals surface area contributed by atoms with Gasteiger partial charge in [0.1, 0.15) is 5.25 Å². The smallest absolute Gasteiger partial charge is 0.223 e. The highest BCUT2D eigenvalue weighted by Gasteiger charge is 2.35. The van der Waals surface area contributed by atoms with E-state index in [4.69, 9.17) is 18.0 Å². The summed E-state index contributed by atoms with van der Waals surface area (Å²) >= 11 is 4.77. The van der Waals surface area contributed by atoms with Gasteiger partial charge in [-0.25, -0.2) is 12.7 Å². The van der Waals surface area contributed by atoms with Crippen LogP contribution < -0.4 is 5.73 Å². The zero-order valence-electron chi connectivity index (χ0n) is 10.0. The van der Waals surface area contributed by atoms with Crippen LogP contribution in [-0.2, 0) is 10.0 Å². The Labute approximate surface area is 103 Å². The van der Waals surface area contributed by atoms with Gasteiger partial charge in [-0.1, -0.05) is 26.1 Å². The average molecular weight is 264 g/mol. The van der Waals surface area contributed by atoms with Crippen molar-refractivity contribution in [2.45, 2.75) is 32.4 Å². The van der Waals surface area contributed by atoms with Gasteiger partial charge in [0.2, 0.25) is 10.0 Å². The van der Waals surface area contributed by atoms with Gasteiger partial charge in [-0.2, -0.15) is 0 Å². The van der Waals surface area contributed by atoms with Gasteiger partial charge in [-0.15, -0.1) is 0 Å². The fourth-order valence-electron chi connectivity index (χ4n) is 2.18. The summed E-state index contributed by atoms with van der Waals surface area (Å²) < 4.78 is 25.9. The summed E-state index contributed by atoms with van der Waals surface area (Å²) in [5.74, 6) is 0.800. The molecule has 16 heavy (non-hydrogen) atoms. The van der Waals surface area contributed by atoms with Crippen LogP contribution in [0.2, 0.25) is 0 Å². The molecule has 1 saturated heterocycles. The van der Waals surface area contributed by atoms with E-state index in [0.717, 1.165) is 6.42 Å². The van der Waals surface area contributed by atoms with E-state index in [9.17, 15) is 8.42 Å². The molecule has 0 aliphatic carbocycles. The monoisotopic (exact) mass is 264 g/mol. The van der Waals surface area contributed by atoms with Crippen LogP contribution in [0.5, 0.6) is 0 Å². The molecule has 94 valence electrons. The van der Waals surface area contributed by atoms with Crippen LogP contribution in [0.1, 0.15) is 27.2 Å². The molecule has 0 aromatic carbocycles. The highest BCUT2D eigenvalue weighted by Crippen LogP contribution is 2.24. The molecule has 0 amide bonds. The lowest BCUT2D eigenvalue weighted by atomic mass is 9.94. The molecule has 3 unspecified atom stereocenters. The van der Waals surface area contributed by atoms with Gasteiger partial charge < -0.3 is 5.73 Å². The summed E-state index contributed by atoms with van der Waals surface area (Å²) in [6.45, 7) is 6.87. The zero-order valence-corrected chi connectivity index (χ0v) is 11.6. The Kier molecular flexibility index (Phi) is 4.31. The zero-order chi connectivity index (χ0) is 12.5. The lowest BCUT2D eigenvalue weighted by Gasteiger charge is -2.35. The van der Waals surface area contributed by atoms with Gasteiger partial charge in [0, 0.05) is 13.1 Å². The van der Waals surface area contributed by atoms with Crippen molar-refractivity contribution in [1.29, 1.82) is 0 Å². The minimum absolute atomic E-state index is 0.0471. The Morgan fingerprint density at radius 1 is 1.38 bits per heavy atom. The van der Waals surface area contributed by atoms with E-state index >= 15 is 0 Å². The maximum absolute atomic E-state index is 12.2. The predicted molar refractivity (Wildman–Crippen MR) is 69.7 cm³/mol. The summed E-state index contributed by atoms with van der Waals surface area (Å²) in [6.07, 6.45) is 1.08. The minimum Gasteiger partial charge on any atom is -0.392 e. The number of thiocarbonyl (C=S) groups is 1. The van der Waals surface area contributed by atoms with Crippen molar-refractivity contribution < 1.29 is 8.42 Å². The summed E-state index contributed by atoms with van der Waals surface area (Å²) in [7, 11) is -3.36. The van der Waals surface area contributed by atoms with Crippen molar-refractivity contribution in [2.75, 3.05) is 13.1 Å². The lowest BCUT2D eigenvalue weighted by Crippen LogP contribution is -2.48. The molecule has 3 atom stereocenters. The largest absolute Gasteiger partial charge is 0.392 e. The standard InChI is InChI=1S/C10H20N2O2S2/c1-7-4-8(2)6-12(5-7)16(13,14)9(3)10(11)15/h7-9H,4-6H2,1-3H3,(H2,11,15). The maximum atomic E-state index is 12.2. The molecular weight excluding hydrogens is 244 g/mol. The average Bonchev–Trinajstić information content (AvgIpc) is 2.14. The normalized spacial score (nSPS) is 29.9. The molecular formula is C10H20N2O2S2. The molecule has 0 aromatic heterocycles. The van der Waals surface area contributed by atoms with E-state index in [0.29, 0.717) is 24.9 Å². The molecule has 0 aromatic rings. The molecule has 0 saturated carbocycles. The minimum atomic E-state index is -3.36. The molecule has 1 aliphatic rings. The van der Waals surface area contributed by atoms with E-state index in [1.165, 1.54) is 4.31 Å². The van der Waals surface area contributed by atoms with Gasteiger partial charge in [0.05, 0.1) is 4.99 Å². The molecule has 0 bridgehead atoms. The third-order valence-corrected chi connectivity index (χ3v) is 5.71. The fraction of sp³-hybridized carbons (Fsp3) is 0.900. The van der Waals surface area contributed by atoms with E-state index in [-0.39, 0.29) is 4.99 Å². The predicted octanol–water partition coefficient (Wildman–Crippen LogP) is 0.969.